The highest BCUT2D eigenvalue weighted by Gasteiger charge is 2.07. The van der Waals surface area contributed by atoms with Gasteiger partial charge in [0.05, 0.1) is 11.0 Å². The largest absolute Gasteiger partial charge is 0.316 e. The predicted molar refractivity (Wildman–Crippen MR) is 114 cm³/mol. The Hall–Kier alpha value is -3.17. The lowest BCUT2D eigenvalue weighted by molar-refractivity contribution is 0.628. The minimum absolute atomic E-state index is 0.207. The van der Waals surface area contributed by atoms with Crippen LogP contribution in [0, 0.1) is 5.82 Å². The first-order valence-electron chi connectivity index (χ1n) is 8.81. The van der Waals surface area contributed by atoms with Crippen LogP contribution in [0.2, 0.25) is 0 Å². The molecule has 5 aromatic rings. The normalized spacial score (nSPS) is 11.7. The summed E-state index contributed by atoms with van der Waals surface area (Å²) in [5.74, 6) is -0.207. The monoisotopic (exact) mass is 369 g/mol. The molecule has 0 fully saturated rings. The summed E-state index contributed by atoms with van der Waals surface area (Å²) in [6.07, 6.45) is 4.27. The van der Waals surface area contributed by atoms with Crippen molar-refractivity contribution in [2.75, 3.05) is 0 Å². The summed E-state index contributed by atoms with van der Waals surface area (Å²) >= 11 is 1.70. The molecule has 0 saturated heterocycles. The van der Waals surface area contributed by atoms with Crippen LogP contribution < -0.4 is 0 Å². The van der Waals surface area contributed by atoms with Crippen LogP contribution in [-0.4, -0.2) is 4.57 Å². The van der Waals surface area contributed by atoms with Crippen molar-refractivity contribution < 1.29 is 4.39 Å². The number of thiophene rings is 1. The molecule has 0 amide bonds. The van der Waals surface area contributed by atoms with E-state index in [-0.39, 0.29) is 5.82 Å². The van der Waals surface area contributed by atoms with Gasteiger partial charge in [-0.25, -0.2) is 4.39 Å². The van der Waals surface area contributed by atoms with Crippen molar-refractivity contribution in [1.82, 2.24) is 4.57 Å². The van der Waals surface area contributed by atoms with E-state index in [4.69, 9.17) is 0 Å². The molecule has 0 spiro atoms. The van der Waals surface area contributed by atoms with Crippen molar-refractivity contribution in [3.63, 3.8) is 0 Å². The maximum absolute atomic E-state index is 13.1. The number of rotatable bonds is 3. The Labute approximate surface area is 160 Å². The van der Waals surface area contributed by atoms with E-state index in [0.717, 1.165) is 15.3 Å². The van der Waals surface area contributed by atoms with E-state index >= 15 is 0 Å². The fourth-order valence-corrected chi connectivity index (χ4v) is 4.38. The summed E-state index contributed by atoms with van der Waals surface area (Å²) in [5.41, 5.74) is 3.44. The Balaban J connectivity index is 1.55. The zero-order valence-corrected chi connectivity index (χ0v) is 15.3. The second-order valence-electron chi connectivity index (χ2n) is 6.43. The lowest BCUT2D eigenvalue weighted by Gasteiger charge is -1.99. The summed E-state index contributed by atoms with van der Waals surface area (Å²) in [6.45, 7) is 0. The van der Waals surface area contributed by atoms with Gasteiger partial charge in [-0.1, -0.05) is 48.5 Å². The summed E-state index contributed by atoms with van der Waals surface area (Å²) in [4.78, 5) is 2.30. The molecule has 0 radical (unpaired) electrons. The Bertz CT molecular complexity index is 1220. The van der Waals surface area contributed by atoms with Crippen molar-refractivity contribution in [2.24, 2.45) is 0 Å². The smallest absolute Gasteiger partial charge is 0.123 e. The number of hydrogen-bond donors (Lipinski definition) is 0. The number of hydrogen-bond acceptors (Lipinski definition) is 1. The van der Waals surface area contributed by atoms with Crippen LogP contribution in [0.15, 0.2) is 84.9 Å². The molecule has 3 aromatic carbocycles. The quantitative estimate of drug-likeness (QED) is 0.315. The van der Waals surface area contributed by atoms with Crippen LogP contribution in [0.5, 0.6) is 0 Å². The van der Waals surface area contributed by atoms with E-state index in [9.17, 15) is 4.39 Å². The second kappa shape index (κ2) is 6.53. The molecule has 0 bridgehead atoms. The van der Waals surface area contributed by atoms with Crippen LogP contribution in [0.3, 0.4) is 0 Å². The molecule has 27 heavy (non-hydrogen) atoms. The van der Waals surface area contributed by atoms with Gasteiger partial charge in [0, 0.05) is 26.7 Å². The molecular weight excluding hydrogens is 353 g/mol. The van der Waals surface area contributed by atoms with E-state index in [0.29, 0.717) is 0 Å². The van der Waals surface area contributed by atoms with Gasteiger partial charge in [0.2, 0.25) is 0 Å². The Morgan fingerprint density at radius 1 is 0.704 bits per heavy atom. The molecule has 0 aliphatic rings. The molecule has 0 aliphatic carbocycles. The average Bonchev–Trinajstić information content (AvgIpc) is 3.30. The average molecular weight is 369 g/mol. The maximum atomic E-state index is 13.1. The topological polar surface area (TPSA) is 4.93 Å². The molecule has 5 rings (SSSR count). The van der Waals surface area contributed by atoms with E-state index in [1.165, 1.54) is 33.9 Å². The predicted octanol–water partition coefficient (Wildman–Crippen LogP) is 7.29. The van der Waals surface area contributed by atoms with Gasteiger partial charge in [0.15, 0.2) is 0 Å². The van der Waals surface area contributed by atoms with Crippen LogP contribution in [0.1, 0.15) is 4.88 Å². The zero-order chi connectivity index (χ0) is 18.2. The summed E-state index contributed by atoms with van der Waals surface area (Å²) in [6, 6.07) is 27.8. The van der Waals surface area contributed by atoms with Crippen molar-refractivity contribution in [1.29, 1.82) is 0 Å². The highest BCUT2D eigenvalue weighted by Crippen LogP contribution is 2.31. The third-order valence-electron chi connectivity index (χ3n) is 4.76. The first-order valence-corrected chi connectivity index (χ1v) is 9.63. The van der Waals surface area contributed by atoms with Gasteiger partial charge in [-0.15, -0.1) is 11.3 Å². The minimum atomic E-state index is -0.207. The molecule has 3 heteroatoms. The molecule has 2 heterocycles. The van der Waals surface area contributed by atoms with Crippen molar-refractivity contribution >= 4 is 45.4 Å². The molecule has 0 unspecified atom stereocenters. The van der Waals surface area contributed by atoms with Gasteiger partial charge in [-0.3, -0.25) is 0 Å². The number of benzene rings is 3. The molecule has 0 atom stereocenters. The fraction of sp³-hybridized carbons (Fsp3) is 0. The highest BCUT2D eigenvalue weighted by molar-refractivity contribution is 7.16. The van der Waals surface area contributed by atoms with Crippen molar-refractivity contribution in [2.45, 2.75) is 0 Å². The van der Waals surface area contributed by atoms with Crippen LogP contribution >= 0.6 is 11.3 Å². The molecule has 0 saturated carbocycles. The van der Waals surface area contributed by atoms with E-state index in [1.807, 2.05) is 12.1 Å². The SMILES string of the molecule is Fc1ccc(-c2ccc(/C=C/n3c4ccccc4c4ccccc43)s2)cc1. The molecule has 0 aliphatic heterocycles. The zero-order valence-electron chi connectivity index (χ0n) is 14.5. The Kier molecular flexibility index (Phi) is 3.88. The lowest BCUT2D eigenvalue weighted by Crippen LogP contribution is -1.84. The number of nitrogens with zero attached hydrogens (tertiary/aromatic N) is 1. The molecule has 0 N–H and O–H groups in total. The first kappa shape index (κ1) is 16.0. The van der Waals surface area contributed by atoms with Crippen LogP contribution in [-0.2, 0) is 0 Å². The van der Waals surface area contributed by atoms with Crippen molar-refractivity contribution in [3.8, 4) is 10.4 Å². The molecule has 130 valence electrons. The van der Waals surface area contributed by atoms with Crippen molar-refractivity contribution in [3.05, 3.63) is 95.6 Å². The van der Waals surface area contributed by atoms with Crippen LogP contribution in [0.25, 0.3) is 44.5 Å². The van der Waals surface area contributed by atoms with E-state index in [1.54, 1.807) is 11.3 Å². The Morgan fingerprint density at radius 3 is 2.00 bits per heavy atom. The molecular formula is C24H16FNS. The summed E-state index contributed by atoms with van der Waals surface area (Å²) < 4.78 is 15.4. The molecule has 1 nitrogen and oxygen atoms in total. The minimum Gasteiger partial charge on any atom is -0.316 e. The fourth-order valence-electron chi connectivity index (χ4n) is 3.47. The summed E-state index contributed by atoms with van der Waals surface area (Å²) in [7, 11) is 0. The maximum Gasteiger partial charge on any atom is 0.123 e. The lowest BCUT2D eigenvalue weighted by atomic mass is 10.2. The van der Waals surface area contributed by atoms with Gasteiger partial charge in [-0.2, -0.15) is 0 Å². The number of para-hydroxylation sites is 2. The highest BCUT2D eigenvalue weighted by atomic mass is 32.1. The van der Waals surface area contributed by atoms with Crippen LogP contribution in [0.4, 0.5) is 4.39 Å². The first-order chi connectivity index (χ1) is 13.3. The van der Waals surface area contributed by atoms with Gasteiger partial charge in [0.1, 0.15) is 5.82 Å². The van der Waals surface area contributed by atoms with Gasteiger partial charge in [0.25, 0.3) is 0 Å². The second-order valence-corrected chi connectivity index (χ2v) is 7.54. The molecule has 2 aromatic heterocycles. The summed E-state index contributed by atoms with van der Waals surface area (Å²) in [5, 5.41) is 2.52. The van der Waals surface area contributed by atoms with E-state index < -0.39 is 0 Å². The van der Waals surface area contributed by atoms with Gasteiger partial charge >= 0.3 is 0 Å². The number of aromatic nitrogens is 1. The van der Waals surface area contributed by atoms with E-state index in [2.05, 4.69) is 77.5 Å². The Morgan fingerprint density at radius 2 is 1.33 bits per heavy atom. The standard InChI is InChI=1S/C24H16FNS/c25-18-11-9-17(10-12-18)24-14-13-19(27-24)15-16-26-22-7-3-1-5-20(22)21-6-2-4-8-23(21)26/h1-16H/b16-15+. The third-order valence-corrected chi connectivity index (χ3v) is 5.86. The van der Waals surface area contributed by atoms with Gasteiger partial charge < -0.3 is 4.57 Å². The number of fused-ring (bicyclic) bond motifs is 3. The number of halogens is 1. The van der Waals surface area contributed by atoms with Gasteiger partial charge in [-0.05, 0) is 48.0 Å². The third kappa shape index (κ3) is 2.86.